The Labute approximate surface area is 163 Å². The van der Waals surface area contributed by atoms with Crippen LogP contribution in [-0.4, -0.2) is 83.4 Å². The Hall–Kier alpha value is -2.87. The summed E-state index contributed by atoms with van der Waals surface area (Å²) < 4.78 is 5.05. The number of hydrogen-bond donors (Lipinski definition) is 1. The normalized spacial score (nSPS) is 24.0. The van der Waals surface area contributed by atoms with Crippen molar-refractivity contribution in [2.45, 2.75) is 0 Å². The molecule has 2 amide bonds. The maximum atomic E-state index is 12.9. The van der Waals surface area contributed by atoms with Gasteiger partial charge >= 0.3 is 0 Å². The third-order valence-electron chi connectivity index (χ3n) is 5.72. The molecule has 1 N–H and O–H groups in total. The molecular weight excluding hydrogens is 360 g/mol. The zero-order chi connectivity index (χ0) is 19.9. The summed E-state index contributed by atoms with van der Waals surface area (Å²) in [7, 11) is 4.00. The topological polar surface area (TPSA) is 90.1 Å². The van der Waals surface area contributed by atoms with Crippen LogP contribution in [0.3, 0.4) is 0 Å². The molecule has 0 radical (unpaired) electrons. The van der Waals surface area contributed by atoms with Gasteiger partial charge < -0.3 is 24.2 Å². The van der Waals surface area contributed by atoms with Gasteiger partial charge in [0.05, 0.1) is 11.8 Å². The van der Waals surface area contributed by atoms with E-state index < -0.39 is 0 Å². The van der Waals surface area contributed by atoms with E-state index in [1.54, 1.807) is 17.0 Å². The van der Waals surface area contributed by atoms with Gasteiger partial charge in [0, 0.05) is 50.3 Å². The highest BCUT2D eigenvalue weighted by Gasteiger charge is 2.54. The van der Waals surface area contributed by atoms with Crippen LogP contribution in [-0.2, 0) is 0 Å². The molecule has 2 aromatic heterocycles. The zero-order valence-electron chi connectivity index (χ0n) is 16.0. The molecule has 2 fully saturated rings. The van der Waals surface area contributed by atoms with E-state index in [0.717, 1.165) is 6.54 Å². The molecule has 8 nitrogen and oxygen atoms in total. The van der Waals surface area contributed by atoms with Crippen LogP contribution in [0.1, 0.15) is 20.8 Å². The van der Waals surface area contributed by atoms with E-state index >= 15 is 0 Å². The predicted molar refractivity (Wildman–Crippen MR) is 101 cm³/mol. The number of likely N-dealkylation sites (tertiary alicyclic amines) is 2. The standard InChI is InChI=1S/C20H24N4O4/c1-22(2)11-20-12-23(18(26)14-5-7-28-10-14)8-15(20)9-24(13-20)19(27)17-16(25)4-3-6-21-17/h3-7,10,15,25H,8-9,11-13H2,1-2H3/t15-,20+/m1/s1. The Morgan fingerprint density at radius 3 is 2.57 bits per heavy atom. The van der Waals surface area contributed by atoms with Gasteiger partial charge in [0.25, 0.3) is 11.8 Å². The van der Waals surface area contributed by atoms with Crippen molar-refractivity contribution in [1.29, 1.82) is 0 Å². The van der Waals surface area contributed by atoms with Crippen LogP contribution in [0, 0.1) is 11.3 Å². The van der Waals surface area contributed by atoms with Crippen molar-refractivity contribution in [3.8, 4) is 5.75 Å². The lowest BCUT2D eigenvalue weighted by molar-refractivity contribution is 0.0696. The number of aromatic hydroxyl groups is 1. The molecule has 0 saturated carbocycles. The van der Waals surface area contributed by atoms with Crippen molar-refractivity contribution < 1.29 is 19.1 Å². The summed E-state index contributed by atoms with van der Waals surface area (Å²) in [5, 5.41) is 9.99. The van der Waals surface area contributed by atoms with E-state index in [4.69, 9.17) is 4.42 Å². The molecule has 4 rings (SSSR count). The monoisotopic (exact) mass is 384 g/mol. The zero-order valence-corrected chi connectivity index (χ0v) is 16.0. The second-order valence-electron chi connectivity index (χ2n) is 8.05. The Morgan fingerprint density at radius 1 is 1.25 bits per heavy atom. The Morgan fingerprint density at radius 2 is 1.96 bits per heavy atom. The average molecular weight is 384 g/mol. The first kappa shape index (κ1) is 18.5. The number of rotatable bonds is 4. The third-order valence-corrected chi connectivity index (χ3v) is 5.72. The van der Waals surface area contributed by atoms with Gasteiger partial charge in [-0.15, -0.1) is 0 Å². The van der Waals surface area contributed by atoms with Gasteiger partial charge in [-0.25, -0.2) is 4.98 Å². The van der Waals surface area contributed by atoms with E-state index in [9.17, 15) is 14.7 Å². The van der Waals surface area contributed by atoms with Crippen LogP contribution < -0.4 is 0 Å². The van der Waals surface area contributed by atoms with Gasteiger partial charge in [0.1, 0.15) is 12.0 Å². The Balaban J connectivity index is 1.55. The molecule has 8 heteroatoms. The highest BCUT2D eigenvalue weighted by atomic mass is 16.3. The highest BCUT2D eigenvalue weighted by Crippen LogP contribution is 2.44. The van der Waals surface area contributed by atoms with Gasteiger partial charge in [-0.3, -0.25) is 9.59 Å². The maximum Gasteiger partial charge on any atom is 0.276 e. The minimum Gasteiger partial charge on any atom is -0.505 e. The number of nitrogens with zero attached hydrogens (tertiary/aromatic N) is 4. The van der Waals surface area contributed by atoms with E-state index in [2.05, 4.69) is 9.88 Å². The highest BCUT2D eigenvalue weighted by molar-refractivity contribution is 5.95. The van der Waals surface area contributed by atoms with E-state index in [0.29, 0.717) is 31.7 Å². The van der Waals surface area contributed by atoms with E-state index in [1.807, 2.05) is 19.0 Å². The summed E-state index contributed by atoms with van der Waals surface area (Å²) in [6, 6.07) is 4.74. The van der Waals surface area contributed by atoms with E-state index in [-0.39, 0.29) is 34.6 Å². The van der Waals surface area contributed by atoms with Crippen molar-refractivity contribution >= 4 is 11.8 Å². The fourth-order valence-corrected chi connectivity index (χ4v) is 4.62. The number of pyridine rings is 1. The van der Waals surface area contributed by atoms with Gasteiger partial charge in [-0.05, 0) is 32.3 Å². The molecule has 2 aliphatic rings. The van der Waals surface area contributed by atoms with Crippen molar-refractivity contribution in [1.82, 2.24) is 19.7 Å². The Kier molecular flexibility index (Phi) is 4.58. The number of furan rings is 1. The first-order valence-corrected chi connectivity index (χ1v) is 9.29. The molecular formula is C20H24N4O4. The smallest absolute Gasteiger partial charge is 0.276 e. The largest absolute Gasteiger partial charge is 0.505 e. The van der Waals surface area contributed by atoms with Crippen LogP contribution in [0.5, 0.6) is 5.75 Å². The molecule has 148 valence electrons. The number of fused-ring (bicyclic) bond motifs is 1. The molecule has 0 aromatic carbocycles. The number of amides is 2. The minimum absolute atomic E-state index is 0.0403. The fourth-order valence-electron chi connectivity index (χ4n) is 4.62. The first-order chi connectivity index (χ1) is 13.4. The molecule has 28 heavy (non-hydrogen) atoms. The number of carbonyl (C=O) groups excluding carboxylic acids is 2. The molecule has 0 unspecified atom stereocenters. The summed E-state index contributed by atoms with van der Waals surface area (Å²) >= 11 is 0. The summed E-state index contributed by atoms with van der Waals surface area (Å²) in [6.07, 6.45) is 4.47. The first-order valence-electron chi connectivity index (χ1n) is 9.29. The summed E-state index contributed by atoms with van der Waals surface area (Å²) in [6.45, 7) is 3.01. The maximum absolute atomic E-state index is 12.9. The molecule has 2 saturated heterocycles. The molecule has 0 bridgehead atoms. The predicted octanol–water partition coefficient (Wildman–Crippen LogP) is 1.16. The van der Waals surface area contributed by atoms with Crippen molar-refractivity contribution in [3.05, 3.63) is 48.2 Å². The van der Waals surface area contributed by atoms with Crippen molar-refractivity contribution in [2.75, 3.05) is 46.8 Å². The van der Waals surface area contributed by atoms with Crippen LogP contribution in [0.2, 0.25) is 0 Å². The SMILES string of the molecule is CN(C)C[C@@]12CN(C(=O)c3ccoc3)C[C@@H]1CN(C(=O)c1ncccc1O)C2. The Bertz CT molecular complexity index is 882. The number of aromatic nitrogens is 1. The number of carbonyl (C=O) groups is 2. The van der Waals surface area contributed by atoms with Crippen LogP contribution in [0.25, 0.3) is 0 Å². The number of hydrogen-bond acceptors (Lipinski definition) is 6. The quantitative estimate of drug-likeness (QED) is 0.851. The molecule has 4 heterocycles. The van der Waals surface area contributed by atoms with Gasteiger partial charge in [0.2, 0.25) is 0 Å². The second kappa shape index (κ2) is 6.94. The molecule has 2 aliphatic heterocycles. The van der Waals surface area contributed by atoms with Gasteiger partial charge in [-0.1, -0.05) is 0 Å². The molecule has 2 aromatic rings. The molecule has 0 aliphatic carbocycles. The van der Waals surface area contributed by atoms with Crippen molar-refractivity contribution in [3.63, 3.8) is 0 Å². The molecule has 2 atom stereocenters. The van der Waals surface area contributed by atoms with Gasteiger partial charge in [0.15, 0.2) is 5.69 Å². The van der Waals surface area contributed by atoms with Crippen LogP contribution in [0.15, 0.2) is 41.3 Å². The minimum atomic E-state index is -0.265. The lowest BCUT2D eigenvalue weighted by Gasteiger charge is -2.32. The lowest BCUT2D eigenvalue weighted by atomic mass is 9.80. The average Bonchev–Trinajstić information content (AvgIpc) is 3.34. The van der Waals surface area contributed by atoms with Crippen LogP contribution >= 0.6 is 0 Å². The second-order valence-corrected chi connectivity index (χ2v) is 8.05. The summed E-state index contributed by atoms with van der Waals surface area (Å²) in [5.41, 5.74) is 0.420. The van der Waals surface area contributed by atoms with Crippen LogP contribution in [0.4, 0.5) is 0 Å². The lowest BCUT2D eigenvalue weighted by Crippen LogP contribution is -2.43. The third kappa shape index (κ3) is 3.13. The van der Waals surface area contributed by atoms with Crippen molar-refractivity contribution in [2.24, 2.45) is 11.3 Å². The van der Waals surface area contributed by atoms with E-state index in [1.165, 1.54) is 24.8 Å². The summed E-state index contributed by atoms with van der Waals surface area (Å²) in [4.78, 5) is 35.5. The fraction of sp³-hybridized carbons (Fsp3) is 0.450. The summed E-state index contributed by atoms with van der Waals surface area (Å²) in [5.74, 6) is -0.247. The molecule has 0 spiro atoms. The van der Waals surface area contributed by atoms with Gasteiger partial charge in [-0.2, -0.15) is 0 Å².